The zero-order chi connectivity index (χ0) is 22.7. The summed E-state index contributed by atoms with van der Waals surface area (Å²) in [5.41, 5.74) is 2.00. The molecule has 3 heterocycles. The van der Waals surface area contributed by atoms with Crippen LogP contribution in [0.3, 0.4) is 0 Å². The molecule has 1 N–H and O–H groups in total. The minimum absolute atomic E-state index is 0.0437. The van der Waals surface area contributed by atoms with Crippen LogP contribution in [-0.2, 0) is 4.79 Å². The highest BCUT2D eigenvalue weighted by Gasteiger charge is 2.33. The molecule has 2 atom stereocenters. The average molecular weight is 460 g/mol. The SMILES string of the molecule is COc1cc(N2CCC(Oc3ccc(N4CC[C@@H](C)[C@@H]4CC(=O)O)cc3)CC2)c(Cl)cn1. The van der Waals surface area contributed by atoms with Crippen LogP contribution in [0.2, 0.25) is 5.02 Å². The van der Waals surface area contributed by atoms with Gasteiger partial charge in [-0.25, -0.2) is 4.98 Å². The number of nitrogens with zero attached hydrogens (tertiary/aromatic N) is 3. The van der Waals surface area contributed by atoms with Gasteiger partial charge in [-0.1, -0.05) is 18.5 Å². The van der Waals surface area contributed by atoms with Gasteiger partial charge >= 0.3 is 5.97 Å². The van der Waals surface area contributed by atoms with Gasteiger partial charge in [0.15, 0.2) is 0 Å². The Kier molecular flexibility index (Phi) is 6.94. The maximum Gasteiger partial charge on any atom is 0.305 e. The van der Waals surface area contributed by atoms with Crippen molar-refractivity contribution in [2.45, 2.75) is 44.8 Å². The molecule has 1 aromatic heterocycles. The van der Waals surface area contributed by atoms with Gasteiger partial charge in [0, 0.05) is 50.3 Å². The lowest BCUT2D eigenvalue weighted by Crippen LogP contribution is -2.38. The van der Waals surface area contributed by atoms with Crippen LogP contribution in [0.4, 0.5) is 11.4 Å². The molecule has 0 radical (unpaired) electrons. The lowest BCUT2D eigenvalue weighted by molar-refractivity contribution is -0.137. The normalized spacial score (nSPS) is 21.6. The number of carbonyl (C=O) groups is 1. The van der Waals surface area contributed by atoms with Gasteiger partial charge in [-0.3, -0.25) is 4.79 Å². The van der Waals surface area contributed by atoms with E-state index >= 15 is 0 Å². The van der Waals surface area contributed by atoms with E-state index in [1.807, 2.05) is 30.3 Å². The van der Waals surface area contributed by atoms with Gasteiger partial charge in [-0.15, -0.1) is 0 Å². The van der Waals surface area contributed by atoms with Crippen molar-refractivity contribution in [2.75, 3.05) is 36.5 Å². The fraction of sp³-hybridized carbons (Fsp3) is 0.500. The Bertz CT molecular complexity index is 931. The van der Waals surface area contributed by atoms with Crippen LogP contribution in [0.15, 0.2) is 36.5 Å². The van der Waals surface area contributed by atoms with E-state index in [1.54, 1.807) is 13.3 Å². The van der Waals surface area contributed by atoms with Gasteiger partial charge in [0.2, 0.25) is 5.88 Å². The molecular weight excluding hydrogens is 430 g/mol. The highest BCUT2D eigenvalue weighted by Crippen LogP contribution is 2.34. The summed E-state index contributed by atoms with van der Waals surface area (Å²) < 4.78 is 11.5. The Balaban J connectivity index is 1.34. The van der Waals surface area contributed by atoms with E-state index < -0.39 is 5.97 Å². The van der Waals surface area contributed by atoms with E-state index in [9.17, 15) is 9.90 Å². The van der Waals surface area contributed by atoms with E-state index in [2.05, 4.69) is 21.7 Å². The number of rotatable bonds is 7. The van der Waals surface area contributed by atoms with Crippen molar-refractivity contribution in [2.24, 2.45) is 5.92 Å². The molecule has 0 bridgehead atoms. The Labute approximate surface area is 193 Å². The number of carboxylic acids is 1. The Morgan fingerprint density at radius 3 is 2.56 bits per heavy atom. The summed E-state index contributed by atoms with van der Waals surface area (Å²) in [7, 11) is 1.60. The summed E-state index contributed by atoms with van der Waals surface area (Å²) in [5, 5.41) is 9.87. The minimum Gasteiger partial charge on any atom is -0.490 e. The van der Waals surface area contributed by atoms with Gasteiger partial charge in [0.25, 0.3) is 0 Å². The predicted molar refractivity (Wildman–Crippen MR) is 125 cm³/mol. The zero-order valence-corrected chi connectivity index (χ0v) is 19.3. The molecule has 32 heavy (non-hydrogen) atoms. The summed E-state index contributed by atoms with van der Waals surface area (Å²) in [5.74, 6) is 1.03. The molecule has 2 aromatic rings. The van der Waals surface area contributed by atoms with Gasteiger partial charge in [-0.05, 0) is 36.6 Å². The maximum absolute atomic E-state index is 11.3. The number of methoxy groups -OCH3 is 1. The number of carboxylic acid groups (broad SMARTS) is 1. The van der Waals surface area contributed by atoms with Crippen LogP contribution in [0.25, 0.3) is 0 Å². The van der Waals surface area contributed by atoms with Crippen molar-refractivity contribution >= 4 is 28.9 Å². The summed E-state index contributed by atoms with van der Waals surface area (Å²) in [6.07, 6.45) is 4.75. The molecule has 8 heteroatoms. The maximum atomic E-state index is 11.3. The molecule has 1 aromatic carbocycles. The largest absolute Gasteiger partial charge is 0.490 e. The van der Waals surface area contributed by atoms with Crippen molar-refractivity contribution in [3.63, 3.8) is 0 Å². The Morgan fingerprint density at radius 1 is 1.19 bits per heavy atom. The molecule has 7 nitrogen and oxygen atoms in total. The first kappa shape index (κ1) is 22.5. The molecule has 0 saturated carbocycles. The van der Waals surface area contributed by atoms with Crippen LogP contribution in [-0.4, -0.2) is 54.9 Å². The van der Waals surface area contributed by atoms with Gasteiger partial charge in [0.1, 0.15) is 11.9 Å². The molecule has 2 aliphatic rings. The second kappa shape index (κ2) is 9.86. The smallest absolute Gasteiger partial charge is 0.305 e. The van der Waals surface area contributed by atoms with Crippen molar-refractivity contribution in [3.05, 3.63) is 41.6 Å². The monoisotopic (exact) mass is 459 g/mol. The van der Waals surface area contributed by atoms with Gasteiger partial charge in [0.05, 0.1) is 30.4 Å². The number of halogens is 1. The first-order valence-corrected chi connectivity index (χ1v) is 11.5. The molecule has 172 valence electrons. The number of piperidine rings is 1. The quantitative estimate of drug-likeness (QED) is 0.654. The molecule has 0 aliphatic carbocycles. The molecule has 2 fully saturated rings. The fourth-order valence-corrected chi connectivity index (χ4v) is 4.93. The predicted octanol–water partition coefficient (Wildman–Crippen LogP) is 4.48. The Morgan fingerprint density at radius 2 is 1.91 bits per heavy atom. The van der Waals surface area contributed by atoms with Crippen molar-refractivity contribution in [1.82, 2.24) is 4.98 Å². The number of aromatic nitrogens is 1. The third-order valence-electron chi connectivity index (χ3n) is 6.54. The summed E-state index contributed by atoms with van der Waals surface area (Å²) in [6.45, 7) is 4.71. The first-order chi connectivity index (χ1) is 15.4. The van der Waals surface area contributed by atoms with E-state index in [0.29, 0.717) is 16.8 Å². The number of aliphatic carboxylic acids is 1. The number of pyridine rings is 1. The molecule has 4 rings (SSSR count). The summed E-state index contributed by atoms with van der Waals surface area (Å²) in [4.78, 5) is 19.9. The minimum atomic E-state index is -0.744. The Hall–Kier alpha value is -2.67. The van der Waals surface area contributed by atoms with Crippen LogP contribution in [0.5, 0.6) is 11.6 Å². The standard InChI is InChI=1S/C24H30ClN3O4/c1-16-7-12-28(21(16)14-24(29)30)17-3-5-18(6-4-17)32-19-8-10-27(11-9-19)22-13-23(31-2)26-15-20(22)25/h3-6,13,15-16,19,21H,7-12,14H2,1-2H3,(H,29,30)/t16-,21+/m1/s1. The van der Waals surface area contributed by atoms with E-state index in [1.165, 1.54) is 0 Å². The molecule has 2 aliphatic heterocycles. The highest BCUT2D eigenvalue weighted by molar-refractivity contribution is 6.33. The second-order valence-electron chi connectivity index (χ2n) is 8.60. The van der Waals surface area contributed by atoms with Gasteiger partial charge < -0.3 is 24.4 Å². The topological polar surface area (TPSA) is 75.1 Å². The second-order valence-corrected chi connectivity index (χ2v) is 9.01. The first-order valence-electron chi connectivity index (χ1n) is 11.1. The molecular formula is C24H30ClN3O4. The highest BCUT2D eigenvalue weighted by atomic mass is 35.5. The van der Waals surface area contributed by atoms with Crippen LogP contribution in [0, 0.1) is 5.92 Å². The zero-order valence-electron chi connectivity index (χ0n) is 18.5. The number of benzene rings is 1. The summed E-state index contributed by atoms with van der Waals surface area (Å²) in [6, 6.07) is 9.99. The number of anilines is 2. The van der Waals surface area contributed by atoms with Crippen LogP contribution in [0.1, 0.15) is 32.6 Å². The van der Waals surface area contributed by atoms with Crippen molar-refractivity contribution < 1.29 is 19.4 Å². The van der Waals surface area contributed by atoms with E-state index in [-0.39, 0.29) is 18.6 Å². The lowest BCUT2D eigenvalue weighted by atomic mass is 10.00. The van der Waals surface area contributed by atoms with Crippen LogP contribution >= 0.6 is 11.6 Å². The molecule has 2 saturated heterocycles. The number of hydrogen-bond acceptors (Lipinski definition) is 6. The third kappa shape index (κ3) is 5.04. The van der Waals surface area contributed by atoms with Crippen LogP contribution < -0.4 is 19.3 Å². The molecule has 0 amide bonds. The molecule has 0 unspecified atom stereocenters. The third-order valence-corrected chi connectivity index (χ3v) is 6.83. The average Bonchev–Trinajstić information content (AvgIpc) is 3.15. The lowest BCUT2D eigenvalue weighted by Gasteiger charge is -2.34. The van der Waals surface area contributed by atoms with Crippen molar-refractivity contribution in [3.8, 4) is 11.6 Å². The van der Waals surface area contributed by atoms with E-state index in [4.69, 9.17) is 21.1 Å². The van der Waals surface area contributed by atoms with Crippen molar-refractivity contribution in [1.29, 1.82) is 0 Å². The number of hydrogen-bond donors (Lipinski definition) is 1. The van der Waals surface area contributed by atoms with Gasteiger partial charge in [-0.2, -0.15) is 0 Å². The summed E-state index contributed by atoms with van der Waals surface area (Å²) >= 11 is 6.34. The fourth-order valence-electron chi connectivity index (χ4n) is 4.71. The van der Waals surface area contributed by atoms with E-state index in [0.717, 1.165) is 56.0 Å². The molecule has 0 spiro atoms. The number of ether oxygens (including phenoxy) is 2.